The summed E-state index contributed by atoms with van der Waals surface area (Å²) < 4.78 is -0.388. The van der Waals surface area contributed by atoms with Crippen LogP contribution in [0.2, 0.25) is 10.4 Å². The highest BCUT2D eigenvalue weighted by Gasteiger charge is 2.24. The third-order valence-corrected chi connectivity index (χ3v) is 4.44. The maximum Gasteiger partial charge on any atom is 0.225 e. The lowest BCUT2D eigenvalue weighted by molar-refractivity contribution is 1.03. The first-order valence-corrected chi connectivity index (χ1v) is 6.91. The van der Waals surface area contributed by atoms with E-state index in [1.165, 1.54) is 11.3 Å². The van der Waals surface area contributed by atoms with Crippen LogP contribution in [0.3, 0.4) is 0 Å². The van der Waals surface area contributed by atoms with Crippen LogP contribution in [0.5, 0.6) is 0 Å². The second-order valence-corrected chi connectivity index (χ2v) is 8.75. The first-order valence-electron chi connectivity index (χ1n) is 3.76. The van der Waals surface area contributed by atoms with Gasteiger partial charge < -0.3 is 0 Å². The predicted molar refractivity (Wildman–Crippen MR) is 70.4 cm³/mol. The topological polar surface area (TPSA) is 38.7 Å². The fourth-order valence-electron chi connectivity index (χ4n) is 0.953. The van der Waals surface area contributed by atoms with Gasteiger partial charge in [-0.3, -0.25) is 0 Å². The van der Waals surface area contributed by atoms with Gasteiger partial charge in [0.25, 0.3) is 0 Å². The van der Waals surface area contributed by atoms with Crippen molar-refractivity contribution in [2.75, 3.05) is 0 Å². The maximum absolute atomic E-state index is 5.90. The number of aromatic nitrogens is 3. The van der Waals surface area contributed by atoms with Gasteiger partial charge in [-0.1, -0.05) is 54.8 Å². The molecule has 2 aromatic rings. The number of fused-ring (bicyclic) bond motifs is 1. The monoisotopic (exact) mass is 389 g/mol. The van der Waals surface area contributed by atoms with Gasteiger partial charge in [-0.05, 0) is 18.5 Å². The molecule has 3 nitrogen and oxygen atoms in total. The van der Waals surface area contributed by atoms with E-state index >= 15 is 0 Å². The quantitative estimate of drug-likeness (QED) is 0.412. The third kappa shape index (κ3) is 2.44. The second-order valence-electron chi connectivity index (χ2n) is 2.84. The van der Waals surface area contributed by atoms with Gasteiger partial charge in [-0.15, -0.1) is 0 Å². The summed E-state index contributed by atoms with van der Waals surface area (Å²) >= 11 is 19.9. The molecule has 0 bridgehead atoms. The molecule has 0 unspecified atom stereocenters. The molecule has 0 aliphatic carbocycles. The van der Waals surface area contributed by atoms with Crippen molar-refractivity contribution in [2.45, 2.75) is 10.2 Å². The molecule has 0 radical (unpaired) electrons. The molecule has 0 fully saturated rings. The average molecular weight is 392 g/mol. The van der Waals surface area contributed by atoms with E-state index in [-0.39, 0.29) is 13.7 Å². The van der Waals surface area contributed by atoms with Crippen LogP contribution in [0.4, 0.5) is 0 Å². The fraction of sp³-hybridized carbons (Fsp3) is 0.286. The molecule has 0 amide bonds. The zero-order valence-corrected chi connectivity index (χ0v) is 12.8. The van der Waals surface area contributed by atoms with Crippen LogP contribution in [0.1, 0.15) is 11.9 Å². The molecule has 0 aliphatic rings. The summed E-state index contributed by atoms with van der Waals surface area (Å²) in [7, 11) is 0. The highest BCUT2D eigenvalue weighted by Crippen LogP contribution is 2.41. The Morgan fingerprint density at radius 2 is 1.87 bits per heavy atom. The summed E-state index contributed by atoms with van der Waals surface area (Å²) in [5, 5.41) is 1.22. The van der Waals surface area contributed by atoms with E-state index in [1.54, 1.807) is 0 Å². The van der Waals surface area contributed by atoms with Gasteiger partial charge in [0.1, 0.15) is 18.6 Å². The molecular formula is C7H3Br2Cl2N3S. The van der Waals surface area contributed by atoms with Gasteiger partial charge in [0.2, 0.25) is 5.28 Å². The van der Waals surface area contributed by atoms with E-state index in [2.05, 4.69) is 46.8 Å². The van der Waals surface area contributed by atoms with Crippen molar-refractivity contribution < 1.29 is 0 Å². The van der Waals surface area contributed by atoms with E-state index in [0.29, 0.717) is 10.3 Å². The first-order chi connectivity index (χ1) is 6.88. The normalized spacial score (nSPS) is 12.3. The molecule has 15 heavy (non-hydrogen) atoms. The lowest BCUT2D eigenvalue weighted by atomic mass is 10.5. The van der Waals surface area contributed by atoms with Crippen LogP contribution in [-0.2, 0) is 3.23 Å². The number of alkyl halides is 2. The minimum atomic E-state index is -0.388. The molecule has 80 valence electrons. The zero-order chi connectivity index (χ0) is 11.2. The number of halogens is 4. The number of rotatable bonds is 1. The highest BCUT2D eigenvalue weighted by atomic mass is 79.9. The van der Waals surface area contributed by atoms with Crippen molar-refractivity contribution in [3.8, 4) is 0 Å². The number of hydrogen-bond acceptors (Lipinski definition) is 4. The Hall–Kier alpha value is 0.510. The molecule has 2 rings (SSSR count). The Kier molecular flexibility index (Phi) is 3.25. The molecule has 2 aromatic heterocycles. The standard InChI is InChI=1S/C7H3Br2Cl2N3S/c1-7(8,9)5-12-2-3(10)13-6(11)14-4(2)15-5/h1H3. The van der Waals surface area contributed by atoms with Gasteiger partial charge in [0.05, 0.1) is 0 Å². The average Bonchev–Trinajstić information content (AvgIpc) is 2.46. The van der Waals surface area contributed by atoms with Crippen LogP contribution >= 0.6 is 66.4 Å². The van der Waals surface area contributed by atoms with Crippen molar-refractivity contribution in [2.24, 2.45) is 0 Å². The van der Waals surface area contributed by atoms with Gasteiger partial charge in [0, 0.05) is 0 Å². The number of nitrogens with zero attached hydrogens (tertiary/aromatic N) is 3. The van der Waals surface area contributed by atoms with Crippen molar-refractivity contribution >= 4 is 76.7 Å². The summed E-state index contributed by atoms with van der Waals surface area (Å²) in [5.74, 6) is 0. The third-order valence-electron chi connectivity index (χ3n) is 1.56. The molecule has 0 spiro atoms. The van der Waals surface area contributed by atoms with Crippen LogP contribution in [0.25, 0.3) is 10.3 Å². The van der Waals surface area contributed by atoms with Crippen molar-refractivity contribution in [1.29, 1.82) is 0 Å². The lowest BCUT2D eigenvalue weighted by Crippen LogP contribution is -2.00. The molecular weight excluding hydrogens is 389 g/mol. The minimum absolute atomic E-state index is 0.133. The number of hydrogen-bond donors (Lipinski definition) is 0. The van der Waals surface area contributed by atoms with Gasteiger partial charge in [0.15, 0.2) is 5.15 Å². The summed E-state index contributed by atoms with van der Waals surface area (Å²) in [6.45, 7) is 1.92. The smallest absolute Gasteiger partial charge is 0.225 e. The van der Waals surface area contributed by atoms with E-state index < -0.39 is 0 Å². The van der Waals surface area contributed by atoms with E-state index in [9.17, 15) is 0 Å². The molecule has 0 saturated heterocycles. The van der Waals surface area contributed by atoms with Gasteiger partial charge >= 0.3 is 0 Å². The maximum atomic E-state index is 5.90. The molecule has 0 atom stereocenters. The predicted octanol–water partition coefficient (Wildman–Crippen LogP) is 4.36. The Morgan fingerprint density at radius 3 is 2.47 bits per heavy atom. The van der Waals surface area contributed by atoms with E-state index in [4.69, 9.17) is 23.2 Å². The van der Waals surface area contributed by atoms with Crippen LogP contribution in [0, 0.1) is 0 Å². The largest absolute Gasteiger partial charge is 0.234 e. The van der Waals surface area contributed by atoms with Crippen molar-refractivity contribution in [3.05, 3.63) is 15.4 Å². The van der Waals surface area contributed by atoms with Crippen LogP contribution < -0.4 is 0 Å². The SMILES string of the molecule is CC(Br)(Br)c1nc2c(Cl)nc(Cl)nc2s1. The molecule has 8 heteroatoms. The fourth-order valence-corrected chi connectivity index (χ4v) is 3.02. The Labute approximate surface area is 116 Å². The Balaban J connectivity index is 2.71. The Morgan fingerprint density at radius 1 is 1.20 bits per heavy atom. The highest BCUT2D eigenvalue weighted by molar-refractivity contribution is 9.24. The zero-order valence-electron chi connectivity index (χ0n) is 7.26. The van der Waals surface area contributed by atoms with Crippen LogP contribution in [0.15, 0.2) is 0 Å². The molecule has 0 aliphatic heterocycles. The Bertz CT molecular complexity index is 523. The minimum Gasteiger partial charge on any atom is -0.234 e. The molecule has 0 N–H and O–H groups in total. The number of thiazole rings is 1. The molecule has 2 heterocycles. The van der Waals surface area contributed by atoms with Crippen molar-refractivity contribution in [1.82, 2.24) is 15.0 Å². The van der Waals surface area contributed by atoms with Gasteiger partial charge in [-0.2, -0.15) is 0 Å². The summed E-state index contributed by atoms with van der Waals surface area (Å²) in [6.07, 6.45) is 0. The summed E-state index contributed by atoms with van der Waals surface area (Å²) in [4.78, 5) is 12.9. The van der Waals surface area contributed by atoms with E-state index in [0.717, 1.165) is 5.01 Å². The summed E-state index contributed by atoms with van der Waals surface area (Å²) in [5.41, 5.74) is 0.575. The summed E-state index contributed by atoms with van der Waals surface area (Å²) in [6, 6.07) is 0. The second kappa shape index (κ2) is 4.07. The first kappa shape index (κ1) is 12.0. The van der Waals surface area contributed by atoms with Crippen LogP contribution in [-0.4, -0.2) is 15.0 Å². The van der Waals surface area contributed by atoms with E-state index in [1.807, 2.05) is 6.92 Å². The van der Waals surface area contributed by atoms with Gasteiger partial charge in [-0.25, -0.2) is 15.0 Å². The molecule has 0 saturated carbocycles. The molecule has 0 aromatic carbocycles. The van der Waals surface area contributed by atoms with Crippen molar-refractivity contribution in [3.63, 3.8) is 0 Å². The lowest BCUT2D eigenvalue weighted by Gasteiger charge is -2.07.